The molecule has 0 saturated heterocycles. The third-order valence-corrected chi connectivity index (χ3v) is 4.53. The first-order valence-corrected chi connectivity index (χ1v) is 8.04. The van der Waals surface area contributed by atoms with E-state index in [1.165, 1.54) is 5.69 Å². The van der Waals surface area contributed by atoms with Gasteiger partial charge in [-0.15, -0.1) is 0 Å². The fraction of sp³-hybridized carbons (Fsp3) is 0.222. The average molecular weight is 325 g/mol. The number of likely N-dealkylation sites (N-methyl/N-ethyl adjacent to an activating group) is 1. The predicted molar refractivity (Wildman–Crippen MR) is 95.3 cm³/mol. The molecule has 0 fully saturated rings. The Bertz CT molecular complexity index is 865. The summed E-state index contributed by atoms with van der Waals surface area (Å²) in [6, 6.07) is 12.1. The molecule has 0 spiro atoms. The third kappa shape index (κ3) is 2.70. The van der Waals surface area contributed by atoms with E-state index in [2.05, 4.69) is 40.0 Å². The molecule has 0 N–H and O–H groups in total. The number of hydrogen-bond acceptors (Lipinski definition) is 4. The number of pyridine rings is 2. The Labute approximate surface area is 140 Å². The van der Waals surface area contributed by atoms with Crippen LogP contribution in [-0.4, -0.2) is 30.1 Å². The molecular formula is C18H17ClN4. The number of nitrogens with zero attached hydrogens (tertiary/aromatic N) is 4. The molecule has 1 aliphatic rings. The van der Waals surface area contributed by atoms with Gasteiger partial charge in [-0.1, -0.05) is 23.7 Å². The monoisotopic (exact) mass is 324 g/mol. The summed E-state index contributed by atoms with van der Waals surface area (Å²) in [5.74, 6) is 0. The Balaban J connectivity index is 1.67. The Morgan fingerprint density at radius 1 is 1.09 bits per heavy atom. The zero-order valence-corrected chi connectivity index (χ0v) is 13.7. The van der Waals surface area contributed by atoms with Crippen LogP contribution in [0.15, 0.2) is 48.8 Å². The maximum Gasteiger partial charge on any atom is 0.0794 e. The summed E-state index contributed by atoms with van der Waals surface area (Å²) in [6.45, 7) is 2.73. The van der Waals surface area contributed by atoms with Gasteiger partial charge in [-0.2, -0.15) is 0 Å². The molecule has 0 aliphatic carbocycles. The summed E-state index contributed by atoms with van der Waals surface area (Å²) >= 11 is 6.08. The van der Waals surface area contributed by atoms with Crippen molar-refractivity contribution in [1.29, 1.82) is 0 Å². The van der Waals surface area contributed by atoms with Crippen LogP contribution in [0.5, 0.6) is 0 Å². The molecule has 1 aromatic carbocycles. The lowest BCUT2D eigenvalue weighted by Gasteiger charge is -2.36. The minimum absolute atomic E-state index is 0.719. The molecule has 23 heavy (non-hydrogen) atoms. The molecule has 0 atom stereocenters. The van der Waals surface area contributed by atoms with Gasteiger partial charge >= 0.3 is 0 Å². The lowest BCUT2D eigenvalue weighted by atomic mass is 10.1. The summed E-state index contributed by atoms with van der Waals surface area (Å²) in [5, 5.41) is 1.83. The van der Waals surface area contributed by atoms with Crippen molar-refractivity contribution < 1.29 is 0 Å². The van der Waals surface area contributed by atoms with Crippen molar-refractivity contribution in [3.63, 3.8) is 0 Å². The maximum absolute atomic E-state index is 6.08. The van der Waals surface area contributed by atoms with Gasteiger partial charge in [0.15, 0.2) is 0 Å². The van der Waals surface area contributed by atoms with Gasteiger partial charge < -0.3 is 9.80 Å². The molecular weight excluding hydrogens is 308 g/mol. The van der Waals surface area contributed by atoms with Gasteiger partial charge in [0.2, 0.25) is 0 Å². The molecule has 3 aromatic rings. The highest BCUT2D eigenvalue weighted by molar-refractivity contribution is 6.31. The summed E-state index contributed by atoms with van der Waals surface area (Å²) in [4.78, 5) is 13.6. The van der Waals surface area contributed by atoms with E-state index in [9.17, 15) is 0 Å². The van der Waals surface area contributed by atoms with Crippen LogP contribution in [-0.2, 0) is 6.54 Å². The normalized spacial score (nSPS) is 14.2. The van der Waals surface area contributed by atoms with Crippen LogP contribution < -0.4 is 9.80 Å². The molecule has 5 heteroatoms. The molecule has 0 radical (unpaired) electrons. The Kier molecular flexibility index (Phi) is 3.54. The van der Waals surface area contributed by atoms with Crippen molar-refractivity contribution in [2.75, 3.05) is 29.9 Å². The van der Waals surface area contributed by atoms with Gasteiger partial charge in [-0.05, 0) is 24.3 Å². The number of benzene rings is 1. The van der Waals surface area contributed by atoms with Crippen LogP contribution in [0, 0.1) is 0 Å². The number of halogens is 1. The van der Waals surface area contributed by atoms with E-state index in [4.69, 9.17) is 16.6 Å². The molecule has 0 unspecified atom stereocenters. The predicted octanol–water partition coefficient (Wildman–Crippen LogP) is 3.74. The smallest absolute Gasteiger partial charge is 0.0794 e. The molecule has 4 rings (SSSR count). The van der Waals surface area contributed by atoms with Crippen molar-refractivity contribution in [2.24, 2.45) is 0 Å². The number of fused-ring (bicyclic) bond motifs is 2. The minimum Gasteiger partial charge on any atom is -0.371 e. The summed E-state index contributed by atoms with van der Waals surface area (Å²) in [7, 11) is 2.12. The second-order valence-electron chi connectivity index (χ2n) is 5.85. The first-order chi connectivity index (χ1) is 11.2. The summed E-state index contributed by atoms with van der Waals surface area (Å²) < 4.78 is 0. The summed E-state index contributed by atoms with van der Waals surface area (Å²) in [6.07, 6.45) is 3.78. The highest BCUT2D eigenvalue weighted by Crippen LogP contribution is 2.31. The quantitative estimate of drug-likeness (QED) is 0.719. The molecule has 0 amide bonds. The van der Waals surface area contributed by atoms with Gasteiger partial charge in [0.05, 0.1) is 35.3 Å². The lowest BCUT2D eigenvalue weighted by molar-refractivity contribution is 0.724. The van der Waals surface area contributed by atoms with E-state index in [0.29, 0.717) is 0 Å². The zero-order chi connectivity index (χ0) is 15.8. The van der Waals surface area contributed by atoms with Gasteiger partial charge in [0.1, 0.15) is 0 Å². The van der Waals surface area contributed by atoms with Gasteiger partial charge in [-0.25, -0.2) is 0 Å². The number of anilines is 2. The molecule has 3 heterocycles. The lowest BCUT2D eigenvalue weighted by Crippen LogP contribution is -2.39. The topological polar surface area (TPSA) is 32.3 Å². The van der Waals surface area contributed by atoms with Crippen LogP contribution in [0.1, 0.15) is 5.69 Å². The molecule has 116 valence electrons. The van der Waals surface area contributed by atoms with E-state index < -0.39 is 0 Å². The van der Waals surface area contributed by atoms with Crippen LogP contribution in [0.3, 0.4) is 0 Å². The van der Waals surface area contributed by atoms with Crippen molar-refractivity contribution in [3.8, 4) is 0 Å². The van der Waals surface area contributed by atoms with E-state index in [0.717, 1.165) is 46.9 Å². The molecule has 2 aromatic heterocycles. The van der Waals surface area contributed by atoms with E-state index in [1.54, 1.807) is 0 Å². The van der Waals surface area contributed by atoms with Crippen LogP contribution in [0.2, 0.25) is 5.02 Å². The highest BCUT2D eigenvalue weighted by atomic mass is 35.5. The second-order valence-corrected chi connectivity index (χ2v) is 6.28. The van der Waals surface area contributed by atoms with Gasteiger partial charge in [-0.3, -0.25) is 9.97 Å². The average Bonchev–Trinajstić information content (AvgIpc) is 2.57. The van der Waals surface area contributed by atoms with Gasteiger partial charge in [0, 0.05) is 36.7 Å². The largest absolute Gasteiger partial charge is 0.371 e. The fourth-order valence-electron chi connectivity index (χ4n) is 3.04. The number of aromatic nitrogens is 2. The minimum atomic E-state index is 0.719. The Morgan fingerprint density at radius 2 is 1.96 bits per heavy atom. The zero-order valence-electron chi connectivity index (χ0n) is 12.9. The first-order valence-electron chi connectivity index (χ1n) is 7.66. The van der Waals surface area contributed by atoms with Gasteiger partial charge in [0.25, 0.3) is 0 Å². The number of hydrogen-bond donors (Lipinski definition) is 0. The highest BCUT2D eigenvalue weighted by Gasteiger charge is 2.20. The molecule has 0 bridgehead atoms. The van der Waals surface area contributed by atoms with Crippen molar-refractivity contribution in [2.45, 2.75) is 6.54 Å². The van der Waals surface area contributed by atoms with Crippen LogP contribution in [0.25, 0.3) is 10.9 Å². The standard InChI is InChI=1S/C18H17ClN4/c1-22-8-9-23(18-11-20-7-6-17(18)22)12-15-5-3-13-2-4-14(19)10-16(13)21-15/h2-7,10-11H,8-9,12H2,1H3. The molecule has 1 aliphatic heterocycles. The fourth-order valence-corrected chi connectivity index (χ4v) is 3.20. The van der Waals surface area contributed by atoms with Crippen molar-refractivity contribution >= 4 is 33.9 Å². The van der Waals surface area contributed by atoms with Crippen LogP contribution in [0.4, 0.5) is 11.4 Å². The van der Waals surface area contributed by atoms with Crippen molar-refractivity contribution in [3.05, 3.63) is 59.5 Å². The Morgan fingerprint density at radius 3 is 2.87 bits per heavy atom. The summed E-state index contributed by atoms with van der Waals surface area (Å²) in [5.41, 5.74) is 4.36. The SMILES string of the molecule is CN1CCN(Cc2ccc3ccc(Cl)cc3n2)c2cnccc21. The third-order valence-electron chi connectivity index (χ3n) is 4.30. The number of rotatable bonds is 2. The first kappa shape index (κ1) is 14.3. The second kappa shape index (κ2) is 5.70. The van der Waals surface area contributed by atoms with Crippen LogP contribution >= 0.6 is 11.6 Å². The van der Waals surface area contributed by atoms with Crippen molar-refractivity contribution in [1.82, 2.24) is 9.97 Å². The molecule has 0 saturated carbocycles. The van der Waals surface area contributed by atoms with E-state index >= 15 is 0 Å². The van der Waals surface area contributed by atoms with E-state index in [-0.39, 0.29) is 0 Å². The van der Waals surface area contributed by atoms with E-state index in [1.807, 2.05) is 30.6 Å². The Hall–Kier alpha value is -2.33. The maximum atomic E-state index is 6.08. The molecule has 4 nitrogen and oxygen atoms in total.